The molecule has 0 saturated heterocycles. The van der Waals surface area contributed by atoms with Crippen LogP contribution in [0.15, 0.2) is 18.2 Å². The third-order valence-electron chi connectivity index (χ3n) is 3.00. The molecular formula is C13H17FN2S. The fourth-order valence-electron chi connectivity index (χ4n) is 2.03. The molecule has 0 radical (unpaired) electrons. The third kappa shape index (κ3) is 2.75. The van der Waals surface area contributed by atoms with Crippen LogP contribution in [0.25, 0.3) is 0 Å². The first kappa shape index (κ1) is 12.3. The molecule has 0 aliphatic heterocycles. The van der Waals surface area contributed by atoms with Gasteiger partial charge in [0.1, 0.15) is 10.8 Å². The molecule has 4 heteroatoms. The summed E-state index contributed by atoms with van der Waals surface area (Å²) in [6.45, 7) is 3.10. The lowest BCUT2D eigenvalue weighted by Crippen LogP contribution is -2.26. The first-order chi connectivity index (χ1) is 8.13. The van der Waals surface area contributed by atoms with Gasteiger partial charge >= 0.3 is 0 Å². The summed E-state index contributed by atoms with van der Waals surface area (Å²) in [4.78, 5) is 2.38. The Bertz CT molecular complexity index is 429. The second-order valence-corrected chi connectivity index (χ2v) is 4.89. The first-order valence-electron chi connectivity index (χ1n) is 5.99. The van der Waals surface area contributed by atoms with E-state index in [0.29, 0.717) is 11.6 Å². The predicted molar refractivity (Wildman–Crippen MR) is 72.9 cm³/mol. The number of rotatable bonds is 5. The minimum absolute atomic E-state index is 0.113. The fraction of sp³-hybridized carbons (Fsp3) is 0.462. The summed E-state index contributed by atoms with van der Waals surface area (Å²) in [7, 11) is 0. The first-order valence-corrected chi connectivity index (χ1v) is 6.40. The standard InChI is InChI=1S/C13H17FN2S/c1-2-7-16(9-3-4-9)10-5-6-11(13(15)17)12(14)8-10/h5-6,8-9H,2-4,7H2,1H3,(H2,15,17). The average Bonchev–Trinajstić information content (AvgIpc) is 3.09. The predicted octanol–water partition coefficient (Wildman–Crippen LogP) is 2.84. The minimum atomic E-state index is -0.322. The molecule has 0 atom stereocenters. The smallest absolute Gasteiger partial charge is 0.135 e. The van der Waals surface area contributed by atoms with Gasteiger partial charge in [-0.25, -0.2) is 4.39 Å². The lowest BCUT2D eigenvalue weighted by atomic mass is 10.1. The van der Waals surface area contributed by atoms with Gasteiger partial charge in [-0.15, -0.1) is 0 Å². The molecule has 0 unspecified atom stereocenters. The van der Waals surface area contributed by atoms with Gasteiger partial charge in [-0.3, -0.25) is 0 Å². The highest BCUT2D eigenvalue weighted by atomic mass is 32.1. The Morgan fingerprint density at radius 3 is 2.71 bits per heavy atom. The summed E-state index contributed by atoms with van der Waals surface area (Å²) in [5.41, 5.74) is 6.72. The number of anilines is 1. The van der Waals surface area contributed by atoms with Crippen LogP contribution in [0, 0.1) is 5.82 Å². The van der Waals surface area contributed by atoms with Gasteiger partial charge < -0.3 is 10.6 Å². The van der Waals surface area contributed by atoms with E-state index in [1.807, 2.05) is 6.07 Å². The van der Waals surface area contributed by atoms with E-state index in [1.54, 1.807) is 12.1 Å². The second-order valence-electron chi connectivity index (χ2n) is 4.45. The highest BCUT2D eigenvalue weighted by Crippen LogP contribution is 2.32. The van der Waals surface area contributed by atoms with Gasteiger partial charge in [0.05, 0.1) is 0 Å². The van der Waals surface area contributed by atoms with Crippen LogP contribution in [0.3, 0.4) is 0 Å². The second kappa shape index (κ2) is 5.00. The zero-order chi connectivity index (χ0) is 12.4. The Labute approximate surface area is 107 Å². The summed E-state index contributed by atoms with van der Waals surface area (Å²) in [5, 5.41) is 0. The van der Waals surface area contributed by atoms with E-state index >= 15 is 0 Å². The van der Waals surface area contributed by atoms with Crippen LogP contribution in [0.1, 0.15) is 31.7 Å². The van der Waals surface area contributed by atoms with Crippen LogP contribution in [-0.2, 0) is 0 Å². The van der Waals surface area contributed by atoms with Crippen molar-refractivity contribution < 1.29 is 4.39 Å². The van der Waals surface area contributed by atoms with Crippen LogP contribution >= 0.6 is 12.2 Å². The Hall–Kier alpha value is -1.16. The molecule has 92 valence electrons. The molecular weight excluding hydrogens is 235 g/mol. The maximum atomic E-state index is 13.8. The SMILES string of the molecule is CCCN(c1ccc(C(N)=S)c(F)c1)C1CC1. The highest BCUT2D eigenvalue weighted by molar-refractivity contribution is 7.80. The normalized spacial score (nSPS) is 14.7. The lowest BCUT2D eigenvalue weighted by Gasteiger charge is -2.24. The molecule has 1 saturated carbocycles. The molecule has 0 amide bonds. The van der Waals surface area contributed by atoms with E-state index in [-0.39, 0.29) is 10.8 Å². The monoisotopic (exact) mass is 252 g/mol. The molecule has 0 bridgehead atoms. The molecule has 2 nitrogen and oxygen atoms in total. The van der Waals surface area contributed by atoms with Crippen molar-refractivity contribution in [1.29, 1.82) is 0 Å². The molecule has 0 aromatic heterocycles. The molecule has 2 rings (SSSR count). The van der Waals surface area contributed by atoms with Gasteiger partial charge in [0, 0.05) is 23.8 Å². The quantitative estimate of drug-likeness (QED) is 0.817. The van der Waals surface area contributed by atoms with Gasteiger partial charge in [-0.05, 0) is 37.5 Å². The summed E-state index contributed by atoms with van der Waals surface area (Å²) < 4.78 is 13.8. The third-order valence-corrected chi connectivity index (χ3v) is 3.22. The number of nitrogens with zero attached hydrogens (tertiary/aromatic N) is 1. The van der Waals surface area contributed by atoms with Gasteiger partial charge in [0.2, 0.25) is 0 Å². The lowest BCUT2D eigenvalue weighted by molar-refractivity contribution is 0.623. The van der Waals surface area contributed by atoms with Crippen LogP contribution in [-0.4, -0.2) is 17.6 Å². The molecule has 1 aromatic rings. The van der Waals surface area contributed by atoms with E-state index in [1.165, 1.54) is 12.8 Å². The number of hydrogen-bond donors (Lipinski definition) is 1. The van der Waals surface area contributed by atoms with E-state index in [2.05, 4.69) is 11.8 Å². The van der Waals surface area contributed by atoms with Crippen molar-refractivity contribution in [2.75, 3.05) is 11.4 Å². The fourth-order valence-corrected chi connectivity index (χ4v) is 2.20. The van der Waals surface area contributed by atoms with Crippen LogP contribution in [0.2, 0.25) is 0 Å². The number of hydrogen-bond acceptors (Lipinski definition) is 2. The van der Waals surface area contributed by atoms with Gasteiger partial charge in [-0.2, -0.15) is 0 Å². The van der Waals surface area contributed by atoms with E-state index in [4.69, 9.17) is 18.0 Å². The Morgan fingerprint density at radius 1 is 1.53 bits per heavy atom. The van der Waals surface area contributed by atoms with E-state index < -0.39 is 0 Å². The summed E-state index contributed by atoms with van der Waals surface area (Å²) in [5.74, 6) is -0.322. The molecule has 17 heavy (non-hydrogen) atoms. The van der Waals surface area contributed by atoms with Crippen molar-refractivity contribution in [3.63, 3.8) is 0 Å². The Morgan fingerprint density at radius 2 is 2.24 bits per heavy atom. The van der Waals surface area contributed by atoms with E-state index in [0.717, 1.165) is 18.7 Å². The van der Waals surface area contributed by atoms with Crippen molar-refractivity contribution >= 4 is 22.9 Å². The van der Waals surface area contributed by atoms with Crippen molar-refractivity contribution in [2.45, 2.75) is 32.2 Å². The molecule has 0 spiro atoms. The largest absolute Gasteiger partial charge is 0.389 e. The Kier molecular flexibility index (Phi) is 3.62. The topological polar surface area (TPSA) is 29.3 Å². The van der Waals surface area contributed by atoms with Gasteiger partial charge in [0.25, 0.3) is 0 Å². The molecule has 1 fully saturated rings. The zero-order valence-electron chi connectivity index (χ0n) is 9.95. The number of benzene rings is 1. The van der Waals surface area contributed by atoms with Crippen LogP contribution in [0.4, 0.5) is 10.1 Å². The molecule has 0 heterocycles. The average molecular weight is 252 g/mol. The van der Waals surface area contributed by atoms with Gasteiger partial charge in [0.15, 0.2) is 0 Å². The summed E-state index contributed by atoms with van der Waals surface area (Å²) in [6.07, 6.45) is 3.48. The number of halogens is 1. The molecule has 1 aliphatic rings. The van der Waals surface area contributed by atoms with E-state index in [9.17, 15) is 4.39 Å². The van der Waals surface area contributed by atoms with Crippen molar-refractivity contribution in [2.24, 2.45) is 5.73 Å². The maximum absolute atomic E-state index is 13.8. The van der Waals surface area contributed by atoms with Crippen molar-refractivity contribution in [3.05, 3.63) is 29.6 Å². The Balaban J connectivity index is 2.25. The molecule has 1 aliphatic carbocycles. The zero-order valence-corrected chi connectivity index (χ0v) is 10.8. The van der Waals surface area contributed by atoms with Crippen molar-refractivity contribution in [1.82, 2.24) is 0 Å². The number of nitrogens with two attached hydrogens (primary N) is 1. The minimum Gasteiger partial charge on any atom is -0.389 e. The highest BCUT2D eigenvalue weighted by Gasteiger charge is 2.28. The molecule has 1 aromatic carbocycles. The van der Waals surface area contributed by atoms with Crippen LogP contribution < -0.4 is 10.6 Å². The van der Waals surface area contributed by atoms with Crippen LogP contribution in [0.5, 0.6) is 0 Å². The maximum Gasteiger partial charge on any atom is 0.135 e. The molecule has 2 N–H and O–H groups in total. The van der Waals surface area contributed by atoms with Crippen molar-refractivity contribution in [3.8, 4) is 0 Å². The number of thiocarbonyl (C=S) groups is 1. The summed E-state index contributed by atoms with van der Waals surface area (Å²) >= 11 is 4.80. The summed E-state index contributed by atoms with van der Waals surface area (Å²) in [6, 6.07) is 5.72. The van der Waals surface area contributed by atoms with Gasteiger partial charge in [-0.1, -0.05) is 19.1 Å².